The van der Waals surface area contributed by atoms with Gasteiger partial charge in [-0.25, -0.2) is 0 Å². The maximum atomic E-state index is 13.2. The lowest BCUT2D eigenvalue weighted by atomic mass is 9.98. The van der Waals surface area contributed by atoms with E-state index >= 15 is 0 Å². The first-order valence-electron chi connectivity index (χ1n) is 8.20. The molecule has 0 spiro atoms. The summed E-state index contributed by atoms with van der Waals surface area (Å²) < 4.78 is 1.99. The Bertz CT molecular complexity index is 1030. The number of aryl methyl sites for hydroxylation is 2. The van der Waals surface area contributed by atoms with Crippen molar-refractivity contribution in [1.82, 2.24) is 9.55 Å². The topological polar surface area (TPSA) is 37.8 Å². The van der Waals surface area contributed by atoms with Crippen LogP contribution < -0.4 is 5.56 Å². The van der Waals surface area contributed by atoms with Gasteiger partial charge in [0.15, 0.2) is 4.77 Å². The van der Waals surface area contributed by atoms with Gasteiger partial charge in [0.1, 0.15) is 4.83 Å². The minimum atomic E-state index is -0.0332. The van der Waals surface area contributed by atoms with Crippen LogP contribution in [0.4, 0.5) is 0 Å². The van der Waals surface area contributed by atoms with Crippen molar-refractivity contribution in [2.45, 2.75) is 38.5 Å². The summed E-state index contributed by atoms with van der Waals surface area (Å²) in [5, 5.41) is 1.40. The Morgan fingerprint density at radius 1 is 1.17 bits per heavy atom. The number of fused-ring (bicyclic) bond motifs is 3. The van der Waals surface area contributed by atoms with Crippen LogP contribution in [0.3, 0.4) is 0 Å². The van der Waals surface area contributed by atoms with E-state index in [0.717, 1.165) is 29.5 Å². The van der Waals surface area contributed by atoms with Gasteiger partial charge >= 0.3 is 0 Å². The Labute approximate surface area is 153 Å². The predicted molar refractivity (Wildman–Crippen MR) is 103 cm³/mol. The lowest BCUT2D eigenvalue weighted by Gasteiger charge is -2.10. The van der Waals surface area contributed by atoms with Crippen LogP contribution in [-0.2, 0) is 12.8 Å². The lowest BCUT2D eigenvalue weighted by Crippen LogP contribution is -2.20. The summed E-state index contributed by atoms with van der Waals surface area (Å²) in [4.78, 5) is 18.8. The van der Waals surface area contributed by atoms with Crippen molar-refractivity contribution in [3.63, 3.8) is 0 Å². The molecule has 4 rings (SSSR count). The quantitative estimate of drug-likeness (QED) is 0.575. The molecule has 1 N–H and O–H groups in total. The number of nitrogens with one attached hydrogen (secondary N) is 1. The first-order chi connectivity index (χ1) is 11.6. The standard InChI is InChI=1S/C18H17ClN2OS2/c19-11-6-5-7-12(10-11)21-17(22)15-13-8-3-1-2-4-9-14(13)24-16(15)20-18(21)23/h5-7,10H,1-4,8-9H2,(H,20,23). The zero-order valence-corrected chi connectivity index (χ0v) is 15.5. The molecule has 0 aliphatic heterocycles. The third kappa shape index (κ3) is 2.75. The van der Waals surface area contributed by atoms with Gasteiger partial charge < -0.3 is 4.98 Å². The largest absolute Gasteiger partial charge is 0.323 e. The SMILES string of the molecule is O=c1c2c3c(sc2[nH]c(=S)n1-c1cccc(Cl)c1)CCCCCC3. The van der Waals surface area contributed by atoms with Gasteiger partial charge in [-0.2, -0.15) is 0 Å². The van der Waals surface area contributed by atoms with Crippen molar-refractivity contribution in [2.75, 3.05) is 0 Å². The van der Waals surface area contributed by atoms with Gasteiger partial charge in [0.25, 0.3) is 5.56 Å². The molecule has 2 aromatic heterocycles. The average Bonchev–Trinajstić information content (AvgIpc) is 2.84. The van der Waals surface area contributed by atoms with Crippen LogP contribution in [0.25, 0.3) is 15.9 Å². The highest BCUT2D eigenvalue weighted by atomic mass is 35.5. The number of aromatic amines is 1. The predicted octanol–water partition coefficient (Wildman–Crippen LogP) is 5.42. The molecule has 2 heterocycles. The molecule has 3 nitrogen and oxygen atoms in total. The van der Waals surface area contributed by atoms with Gasteiger partial charge in [-0.15, -0.1) is 11.3 Å². The fourth-order valence-electron chi connectivity index (χ4n) is 3.44. The summed E-state index contributed by atoms with van der Waals surface area (Å²) in [5.74, 6) is 0. The minimum Gasteiger partial charge on any atom is -0.323 e. The summed E-state index contributed by atoms with van der Waals surface area (Å²) in [6.07, 6.45) is 6.89. The van der Waals surface area contributed by atoms with Gasteiger partial charge in [-0.1, -0.05) is 30.5 Å². The van der Waals surface area contributed by atoms with Crippen LogP contribution >= 0.6 is 35.2 Å². The Morgan fingerprint density at radius 3 is 2.75 bits per heavy atom. The second-order valence-electron chi connectivity index (χ2n) is 6.17. The number of H-pyrrole nitrogens is 1. The van der Waals surface area contributed by atoms with E-state index < -0.39 is 0 Å². The Kier molecular flexibility index (Phi) is 4.33. The van der Waals surface area contributed by atoms with Gasteiger partial charge in [0.05, 0.1) is 11.1 Å². The van der Waals surface area contributed by atoms with Gasteiger partial charge in [-0.05, 0) is 61.7 Å². The van der Waals surface area contributed by atoms with E-state index in [4.69, 9.17) is 23.8 Å². The highest BCUT2D eigenvalue weighted by Crippen LogP contribution is 2.32. The average molecular weight is 377 g/mol. The molecule has 1 aromatic carbocycles. The molecule has 6 heteroatoms. The molecule has 0 saturated heterocycles. The zero-order chi connectivity index (χ0) is 16.7. The number of aromatic nitrogens is 2. The summed E-state index contributed by atoms with van der Waals surface area (Å²) >= 11 is 13.2. The van der Waals surface area contributed by atoms with Crippen molar-refractivity contribution < 1.29 is 0 Å². The van der Waals surface area contributed by atoms with Crippen molar-refractivity contribution >= 4 is 45.4 Å². The molecule has 1 aliphatic carbocycles. The van der Waals surface area contributed by atoms with Crippen molar-refractivity contribution in [3.8, 4) is 5.69 Å². The van der Waals surface area contributed by atoms with Gasteiger partial charge in [0, 0.05) is 9.90 Å². The molecule has 3 aromatic rings. The minimum absolute atomic E-state index is 0.0332. The molecule has 24 heavy (non-hydrogen) atoms. The maximum absolute atomic E-state index is 13.2. The van der Waals surface area contributed by atoms with Crippen LogP contribution in [0.2, 0.25) is 5.02 Å². The van der Waals surface area contributed by atoms with Gasteiger partial charge in [-0.3, -0.25) is 9.36 Å². The molecule has 0 fully saturated rings. The first kappa shape index (κ1) is 16.1. The third-order valence-corrected chi connectivity index (χ3v) is 6.31. The van der Waals surface area contributed by atoms with E-state index in [1.165, 1.54) is 29.7 Å². The van der Waals surface area contributed by atoms with Gasteiger partial charge in [0.2, 0.25) is 0 Å². The fourth-order valence-corrected chi connectivity index (χ4v) is 5.26. The van der Waals surface area contributed by atoms with E-state index in [-0.39, 0.29) is 5.56 Å². The molecular weight excluding hydrogens is 360 g/mol. The highest BCUT2D eigenvalue weighted by molar-refractivity contribution is 7.71. The highest BCUT2D eigenvalue weighted by Gasteiger charge is 2.19. The molecule has 0 atom stereocenters. The Hall–Kier alpha value is -1.43. The van der Waals surface area contributed by atoms with Crippen LogP contribution in [0.1, 0.15) is 36.1 Å². The van der Waals surface area contributed by atoms with E-state index in [1.54, 1.807) is 28.0 Å². The molecular formula is C18H17ClN2OS2. The Morgan fingerprint density at radius 2 is 1.96 bits per heavy atom. The van der Waals surface area contributed by atoms with Crippen LogP contribution in [-0.4, -0.2) is 9.55 Å². The number of thiophene rings is 1. The van der Waals surface area contributed by atoms with E-state index in [1.807, 2.05) is 12.1 Å². The number of halogens is 1. The summed E-state index contributed by atoms with van der Waals surface area (Å²) in [5.41, 5.74) is 1.90. The number of hydrogen-bond donors (Lipinski definition) is 1. The first-order valence-corrected chi connectivity index (χ1v) is 9.81. The lowest BCUT2D eigenvalue weighted by molar-refractivity contribution is 0.623. The second kappa shape index (κ2) is 6.47. The van der Waals surface area contributed by atoms with Crippen molar-refractivity contribution in [2.24, 2.45) is 0 Å². The zero-order valence-electron chi connectivity index (χ0n) is 13.1. The van der Waals surface area contributed by atoms with Crippen molar-refractivity contribution in [1.29, 1.82) is 0 Å². The van der Waals surface area contributed by atoms with Crippen LogP contribution in [0.5, 0.6) is 0 Å². The molecule has 0 saturated carbocycles. The fraction of sp³-hybridized carbons (Fsp3) is 0.333. The molecule has 124 valence electrons. The molecule has 0 bridgehead atoms. The van der Waals surface area contributed by atoms with Crippen molar-refractivity contribution in [3.05, 3.63) is 54.9 Å². The summed E-state index contributed by atoms with van der Waals surface area (Å²) in [7, 11) is 0. The number of rotatable bonds is 1. The molecule has 0 radical (unpaired) electrons. The van der Waals surface area contributed by atoms with E-state index in [9.17, 15) is 4.79 Å². The smallest absolute Gasteiger partial charge is 0.267 e. The number of nitrogens with zero attached hydrogens (tertiary/aromatic N) is 1. The monoisotopic (exact) mass is 376 g/mol. The third-order valence-electron chi connectivity index (χ3n) is 4.58. The number of benzene rings is 1. The van der Waals surface area contributed by atoms with E-state index in [2.05, 4.69) is 4.98 Å². The number of hydrogen-bond acceptors (Lipinski definition) is 3. The second-order valence-corrected chi connectivity index (χ2v) is 8.10. The molecule has 0 amide bonds. The molecule has 0 unspecified atom stereocenters. The normalized spacial score (nSPS) is 15.0. The maximum Gasteiger partial charge on any atom is 0.267 e. The van der Waals surface area contributed by atoms with Crippen LogP contribution in [0, 0.1) is 4.77 Å². The Balaban J connectivity index is 2.01. The van der Waals surface area contributed by atoms with Crippen LogP contribution in [0.15, 0.2) is 29.1 Å². The van der Waals surface area contributed by atoms with E-state index in [0.29, 0.717) is 15.5 Å². The summed E-state index contributed by atoms with van der Waals surface area (Å²) in [6, 6.07) is 7.26. The summed E-state index contributed by atoms with van der Waals surface area (Å²) in [6.45, 7) is 0. The molecule has 1 aliphatic rings.